The van der Waals surface area contributed by atoms with Gasteiger partial charge in [-0.1, -0.05) is 13.8 Å². The summed E-state index contributed by atoms with van der Waals surface area (Å²) < 4.78 is 24.1. The summed E-state index contributed by atoms with van der Waals surface area (Å²) in [5, 5.41) is 35.7. The third-order valence-corrected chi connectivity index (χ3v) is 11.6. The van der Waals surface area contributed by atoms with Gasteiger partial charge in [-0.3, -0.25) is 14.4 Å². The highest BCUT2D eigenvalue weighted by atomic mass is 16.7. The minimum atomic E-state index is -2.49. The number of esters is 2. The quantitative estimate of drug-likeness (QED) is 0.387. The van der Waals surface area contributed by atoms with Gasteiger partial charge in [0.1, 0.15) is 18.3 Å². The van der Waals surface area contributed by atoms with E-state index in [2.05, 4.69) is 0 Å². The van der Waals surface area contributed by atoms with Gasteiger partial charge in [-0.05, 0) is 46.1 Å². The lowest BCUT2D eigenvalue weighted by Crippen LogP contribution is -2.56. The smallest absolute Gasteiger partial charge is 0.334 e. The van der Waals surface area contributed by atoms with Crippen LogP contribution < -0.4 is 0 Å². The summed E-state index contributed by atoms with van der Waals surface area (Å²) in [5.41, 5.74) is -5.02. The fourth-order valence-corrected chi connectivity index (χ4v) is 10.1. The van der Waals surface area contributed by atoms with Crippen LogP contribution in [-0.4, -0.2) is 79.4 Å². The Bertz CT molecular complexity index is 1300. The Morgan fingerprint density at radius 3 is 2.35 bits per heavy atom. The molecule has 40 heavy (non-hydrogen) atoms. The van der Waals surface area contributed by atoms with E-state index in [1.54, 1.807) is 40.7 Å². The van der Waals surface area contributed by atoms with Gasteiger partial charge in [-0.15, -0.1) is 0 Å². The van der Waals surface area contributed by atoms with E-state index in [1.165, 1.54) is 0 Å². The maximum Gasteiger partial charge on any atom is 0.334 e. The van der Waals surface area contributed by atoms with Crippen molar-refractivity contribution in [3.8, 4) is 0 Å². The molecule has 0 radical (unpaired) electrons. The first kappa shape index (κ1) is 26.7. The Morgan fingerprint density at radius 1 is 1.00 bits per heavy atom. The standard InChI is InChI=1S/C29H36O11/c1-12-8-15(37-23(12)34)18-13(2)21(32)25(5)6-7-26-11-27-16(24(3,4)39-28(27,35)10-17(31)38-27)9-14(30)19(26)22(33)29(36,40-26)20(18)25/h8,13-16,18-20,30,35-36H,6-7,9-11H2,1-5H3/t13-,14-,15-,16-,18+,19-,20-,25-,26-,27+,28+,29-/m0/s1. The number of ether oxygens (including phenoxy) is 4. The molecule has 5 heterocycles. The highest BCUT2D eigenvalue weighted by Gasteiger charge is 2.83. The molecule has 12 atom stereocenters. The summed E-state index contributed by atoms with van der Waals surface area (Å²) in [5.74, 6) is -10.9. The van der Waals surface area contributed by atoms with Crippen LogP contribution in [0.3, 0.4) is 0 Å². The number of cyclic esters (lactones) is 1. The topological polar surface area (TPSA) is 166 Å². The lowest BCUT2D eigenvalue weighted by atomic mass is 9.62. The van der Waals surface area contributed by atoms with Crippen molar-refractivity contribution in [2.24, 2.45) is 35.0 Å². The molecule has 5 aliphatic heterocycles. The van der Waals surface area contributed by atoms with Gasteiger partial charge < -0.3 is 34.3 Å². The summed E-state index contributed by atoms with van der Waals surface area (Å²) in [6.07, 6.45) is -0.878. The molecular formula is C29H36O11. The number of hydrogen-bond acceptors (Lipinski definition) is 11. The average Bonchev–Trinajstić information content (AvgIpc) is 3.42. The minimum Gasteiger partial charge on any atom is -0.454 e. The van der Waals surface area contributed by atoms with Crippen molar-refractivity contribution in [2.75, 3.05) is 0 Å². The molecule has 6 fully saturated rings. The Balaban J connectivity index is 1.38. The summed E-state index contributed by atoms with van der Waals surface area (Å²) in [7, 11) is 0. The van der Waals surface area contributed by atoms with Crippen molar-refractivity contribution in [3.05, 3.63) is 11.6 Å². The second-order valence-corrected chi connectivity index (χ2v) is 14.1. The SMILES string of the molecule is CC1=C[C@@H]([C@H]2[C@H](C)C(=O)[C@@]3(C)CC[C@]45C[C@]67OC(=O)C[C@@]6(O)OC(C)(C)[C@@H]7C[C@H](O)[C@H]4C(=O)[C@@](O)(O5)[C@@H]23)OC1=O. The molecular weight excluding hydrogens is 524 g/mol. The first-order valence-electron chi connectivity index (χ1n) is 14.2. The zero-order chi connectivity index (χ0) is 29.0. The van der Waals surface area contributed by atoms with Crippen molar-refractivity contribution < 1.29 is 53.4 Å². The van der Waals surface area contributed by atoms with E-state index in [0.717, 1.165) is 0 Å². The largest absolute Gasteiger partial charge is 0.454 e. The number of ketones is 2. The number of aliphatic hydroxyl groups excluding tert-OH is 1. The molecule has 11 heteroatoms. The van der Waals surface area contributed by atoms with E-state index in [4.69, 9.17) is 18.9 Å². The van der Waals surface area contributed by atoms with Crippen molar-refractivity contribution in [3.63, 3.8) is 0 Å². The Hall–Kier alpha value is -2.18. The summed E-state index contributed by atoms with van der Waals surface area (Å²) in [6, 6.07) is 0. The third kappa shape index (κ3) is 2.83. The Labute approximate surface area is 231 Å². The van der Waals surface area contributed by atoms with E-state index < -0.39 is 99.7 Å². The van der Waals surface area contributed by atoms with Gasteiger partial charge in [0.05, 0.1) is 23.2 Å². The van der Waals surface area contributed by atoms with Crippen LogP contribution in [0, 0.1) is 35.0 Å². The molecule has 0 amide bonds. The number of rotatable bonds is 1. The van der Waals surface area contributed by atoms with Crippen LogP contribution in [0.15, 0.2) is 11.6 Å². The Kier molecular flexibility index (Phi) is 4.95. The van der Waals surface area contributed by atoms with Gasteiger partial charge in [0, 0.05) is 41.1 Å². The van der Waals surface area contributed by atoms with Gasteiger partial charge in [0.15, 0.2) is 5.60 Å². The molecule has 0 aromatic rings. The van der Waals surface area contributed by atoms with Gasteiger partial charge in [-0.25, -0.2) is 4.79 Å². The van der Waals surface area contributed by atoms with Crippen LogP contribution in [0.5, 0.6) is 0 Å². The maximum absolute atomic E-state index is 14.4. The van der Waals surface area contributed by atoms with E-state index in [9.17, 15) is 34.5 Å². The molecule has 2 saturated carbocycles. The summed E-state index contributed by atoms with van der Waals surface area (Å²) >= 11 is 0. The fourth-order valence-electron chi connectivity index (χ4n) is 10.1. The van der Waals surface area contributed by atoms with Gasteiger partial charge >= 0.3 is 11.9 Å². The fraction of sp³-hybridized carbons (Fsp3) is 0.793. The molecule has 2 spiro atoms. The van der Waals surface area contributed by atoms with Crippen LogP contribution in [0.4, 0.5) is 0 Å². The van der Waals surface area contributed by atoms with Crippen molar-refractivity contribution in [1.82, 2.24) is 0 Å². The Morgan fingerprint density at radius 2 is 1.70 bits per heavy atom. The summed E-state index contributed by atoms with van der Waals surface area (Å²) in [4.78, 5) is 53.2. The predicted molar refractivity (Wildman–Crippen MR) is 132 cm³/mol. The minimum absolute atomic E-state index is 0.0386. The maximum atomic E-state index is 14.4. The number of Topliss-reactive ketones (excluding diaryl/α,β-unsaturated/α-hetero) is 2. The molecule has 2 aliphatic carbocycles. The van der Waals surface area contributed by atoms with E-state index in [-0.39, 0.29) is 31.5 Å². The van der Waals surface area contributed by atoms with Gasteiger partial charge in [-0.2, -0.15) is 0 Å². The van der Waals surface area contributed by atoms with Gasteiger partial charge in [0.25, 0.3) is 0 Å². The molecule has 11 nitrogen and oxygen atoms in total. The number of carbonyl (C=O) groups excluding carboxylic acids is 4. The highest BCUT2D eigenvalue weighted by molar-refractivity contribution is 5.97. The van der Waals surface area contributed by atoms with Crippen LogP contribution in [0.25, 0.3) is 0 Å². The number of hydrogen-bond donors (Lipinski definition) is 3. The van der Waals surface area contributed by atoms with E-state index in [1.807, 2.05) is 0 Å². The number of carbonyl (C=O) groups is 4. The normalized spacial score (nSPS) is 56.0. The molecule has 0 unspecified atom stereocenters. The third-order valence-electron chi connectivity index (χ3n) is 11.6. The van der Waals surface area contributed by atoms with E-state index in [0.29, 0.717) is 5.57 Å². The molecule has 0 aromatic carbocycles. The predicted octanol–water partition coefficient (Wildman–Crippen LogP) is 0.706. The van der Waals surface area contributed by atoms with Crippen LogP contribution in [0.2, 0.25) is 0 Å². The molecule has 7 aliphatic rings. The highest BCUT2D eigenvalue weighted by Crippen LogP contribution is 2.69. The van der Waals surface area contributed by atoms with Crippen molar-refractivity contribution in [1.29, 1.82) is 0 Å². The number of fused-ring (bicyclic) bond motifs is 3. The lowest BCUT2D eigenvalue weighted by molar-refractivity contribution is -0.284. The molecule has 4 saturated heterocycles. The second-order valence-electron chi connectivity index (χ2n) is 14.1. The first-order valence-corrected chi connectivity index (χ1v) is 14.2. The molecule has 2 bridgehead atoms. The van der Waals surface area contributed by atoms with E-state index >= 15 is 0 Å². The monoisotopic (exact) mass is 560 g/mol. The second kappa shape index (κ2) is 7.42. The van der Waals surface area contributed by atoms with Crippen LogP contribution >= 0.6 is 0 Å². The molecule has 0 aromatic heterocycles. The van der Waals surface area contributed by atoms with Crippen LogP contribution in [-0.2, 0) is 38.1 Å². The summed E-state index contributed by atoms with van der Waals surface area (Å²) in [6.45, 7) is 8.53. The zero-order valence-electron chi connectivity index (χ0n) is 23.3. The molecule has 7 rings (SSSR count). The lowest BCUT2D eigenvalue weighted by Gasteiger charge is -2.42. The first-order chi connectivity index (χ1) is 18.4. The molecule has 3 N–H and O–H groups in total. The average molecular weight is 561 g/mol. The van der Waals surface area contributed by atoms with Crippen LogP contribution in [0.1, 0.15) is 66.7 Å². The molecule has 218 valence electrons. The zero-order valence-corrected chi connectivity index (χ0v) is 23.3. The van der Waals surface area contributed by atoms with Crippen molar-refractivity contribution in [2.45, 2.75) is 107 Å². The van der Waals surface area contributed by atoms with Crippen molar-refractivity contribution >= 4 is 23.5 Å². The number of aliphatic hydroxyl groups is 3. The van der Waals surface area contributed by atoms with Gasteiger partial charge in [0.2, 0.25) is 17.4 Å².